The first kappa shape index (κ1) is 28.0. The molecule has 3 rings (SSSR count). The van der Waals surface area contributed by atoms with Gasteiger partial charge in [-0.3, -0.25) is 0 Å². The molecule has 0 spiro atoms. The van der Waals surface area contributed by atoms with E-state index in [0.29, 0.717) is 29.8 Å². The van der Waals surface area contributed by atoms with Gasteiger partial charge in [-0.15, -0.1) is 11.8 Å². The van der Waals surface area contributed by atoms with E-state index in [1.807, 2.05) is 49.3 Å². The lowest BCUT2D eigenvalue weighted by molar-refractivity contribution is -0.134. The molecule has 1 heterocycles. The van der Waals surface area contributed by atoms with Gasteiger partial charge in [-0.2, -0.15) is 8.70 Å². The van der Waals surface area contributed by atoms with Gasteiger partial charge in [-0.05, 0) is 57.9 Å². The van der Waals surface area contributed by atoms with Crippen molar-refractivity contribution < 1.29 is 27.4 Å². The zero-order valence-electron chi connectivity index (χ0n) is 20.8. The molecule has 0 bridgehead atoms. The second-order valence-electron chi connectivity index (χ2n) is 8.78. The molecule has 0 fully saturated rings. The van der Waals surface area contributed by atoms with Gasteiger partial charge in [0, 0.05) is 31.4 Å². The third-order valence-electron chi connectivity index (χ3n) is 6.05. The van der Waals surface area contributed by atoms with Crippen LogP contribution in [0.5, 0.6) is 5.75 Å². The number of thioether (sulfide) groups is 1. The number of likely N-dealkylation sites (N-methyl/N-ethyl adjacent to an activating group) is 1. The molecule has 1 aliphatic rings. The SMILES string of the molecule is CSc1cc2c(cc1O/C=C(\F)C(=O)O)S(=O)(=O)N(C)C(CCCCN(C)C)CN2c1ccccc1. The fourth-order valence-corrected chi connectivity index (χ4v) is 6.18. The molecule has 8 nitrogen and oxygen atoms in total. The van der Waals surface area contributed by atoms with Gasteiger partial charge in [0.15, 0.2) is 0 Å². The molecular formula is C25H32FN3O5S2. The smallest absolute Gasteiger partial charge is 0.368 e. The Bertz CT molecular complexity index is 1210. The predicted octanol–water partition coefficient (Wildman–Crippen LogP) is 4.56. The van der Waals surface area contributed by atoms with E-state index >= 15 is 0 Å². The minimum absolute atomic E-state index is 0.0153. The van der Waals surface area contributed by atoms with E-state index in [4.69, 9.17) is 9.84 Å². The number of hydrogen-bond donors (Lipinski definition) is 1. The summed E-state index contributed by atoms with van der Waals surface area (Å²) in [5, 5.41) is 8.80. The molecule has 0 amide bonds. The fourth-order valence-electron chi connectivity index (χ4n) is 4.07. The maximum absolute atomic E-state index is 13.8. The first-order valence-corrected chi connectivity index (χ1v) is 14.2. The van der Waals surface area contributed by atoms with E-state index in [9.17, 15) is 17.6 Å². The Morgan fingerprint density at radius 3 is 2.56 bits per heavy atom. The van der Waals surface area contributed by atoms with Crippen LogP contribution in [0.3, 0.4) is 0 Å². The van der Waals surface area contributed by atoms with E-state index in [0.717, 1.165) is 25.1 Å². The molecule has 0 radical (unpaired) electrons. The number of benzene rings is 2. The van der Waals surface area contributed by atoms with Gasteiger partial charge in [0.1, 0.15) is 16.9 Å². The number of anilines is 2. The Morgan fingerprint density at radius 1 is 1.25 bits per heavy atom. The Balaban J connectivity index is 2.11. The molecule has 2 aromatic carbocycles. The molecule has 1 unspecified atom stereocenters. The molecule has 0 aromatic heterocycles. The van der Waals surface area contributed by atoms with Crippen LogP contribution >= 0.6 is 11.8 Å². The van der Waals surface area contributed by atoms with E-state index in [1.165, 1.54) is 22.1 Å². The van der Waals surface area contributed by atoms with Crippen LogP contribution in [0.1, 0.15) is 19.3 Å². The number of nitrogens with zero attached hydrogens (tertiary/aromatic N) is 3. The lowest BCUT2D eigenvalue weighted by Crippen LogP contribution is -2.40. The highest BCUT2D eigenvalue weighted by molar-refractivity contribution is 7.98. The van der Waals surface area contributed by atoms with Crippen LogP contribution in [0.15, 0.2) is 64.3 Å². The maximum Gasteiger partial charge on any atom is 0.368 e. The van der Waals surface area contributed by atoms with Crippen LogP contribution < -0.4 is 9.64 Å². The molecule has 0 aliphatic carbocycles. The Hall–Kier alpha value is -2.60. The average Bonchev–Trinajstić information content (AvgIpc) is 2.93. The minimum atomic E-state index is -3.94. The topological polar surface area (TPSA) is 90.4 Å². The summed E-state index contributed by atoms with van der Waals surface area (Å²) in [6.45, 7) is 1.38. The first-order valence-electron chi connectivity index (χ1n) is 11.5. The molecule has 2 aromatic rings. The van der Waals surface area contributed by atoms with Crippen molar-refractivity contribution in [3.8, 4) is 5.75 Å². The molecule has 1 N–H and O–H groups in total. The Morgan fingerprint density at radius 2 is 1.94 bits per heavy atom. The van der Waals surface area contributed by atoms with Gasteiger partial charge in [-0.1, -0.05) is 24.6 Å². The monoisotopic (exact) mass is 537 g/mol. The van der Waals surface area contributed by atoms with Gasteiger partial charge in [-0.25, -0.2) is 13.2 Å². The molecule has 11 heteroatoms. The average molecular weight is 538 g/mol. The highest BCUT2D eigenvalue weighted by atomic mass is 32.2. The van der Waals surface area contributed by atoms with Crippen molar-refractivity contribution in [2.75, 3.05) is 45.4 Å². The van der Waals surface area contributed by atoms with Crippen molar-refractivity contribution in [2.24, 2.45) is 0 Å². The van der Waals surface area contributed by atoms with Crippen molar-refractivity contribution in [1.29, 1.82) is 0 Å². The second-order valence-corrected chi connectivity index (χ2v) is 11.6. The van der Waals surface area contributed by atoms with Crippen LogP contribution in [0.25, 0.3) is 0 Å². The predicted molar refractivity (Wildman–Crippen MR) is 140 cm³/mol. The highest BCUT2D eigenvalue weighted by Gasteiger charge is 2.37. The minimum Gasteiger partial charge on any atom is -0.476 e. The number of unbranched alkanes of at least 4 members (excludes halogenated alkanes) is 1. The number of para-hydroxylation sites is 1. The number of rotatable bonds is 10. The van der Waals surface area contributed by atoms with Crippen LogP contribution in [0, 0.1) is 0 Å². The molecule has 0 saturated carbocycles. The fraction of sp³-hybridized carbons (Fsp3) is 0.400. The van der Waals surface area contributed by atoms with Crippen LogP contribution in [-0.4, -0.2) is 75.2 Å². The lowest BCUT2D eigenvalue weighted by atomic mass is 10.1. The molecule has 1 aliphatic heterocycles. The quantitative estimate of drug-likeness (QED) is 0.204. The van der Waals surface area contributed by atoms with Crippen LogP contribution in [0.2, 0.25) is 0 Å². The molecule has 36 heavy (non-hydrogen) atoms. The lowest BCUT2D eigenvalue weighted by Gasteiger charge is -2.30. The Kier molecular flexibility index (Phi) is 9.40. The van der Waals surface area contributed by atoms with Gasteiger partial charge in [0.05, 0.1) is 10.6 Å². The van der Waals surface area contributed by atoms with Gasteiger partial charge >= 0.3 is 5.97 Å². The summed E-state index contributed by atoms with van der Waals surface area (Å²) in [4.78, 5) is 15.5. The number of sulfonamides is 1. The zero-order valence-corrected chi connectivity index (χ0v) is 22.5. The summed E-state index contributed by atoms with van der Waals surface area (Å²) in [6, 6.07) is 12.3. The van der Waals surface area contributed by atoms with E-state index in [-0.39, 0.29) is 16.7 Å². The third-order valence-corrected chi connectivity index (χ3v) is 8.75. The van der Waals surface area contributed by atoms with Crippen molar-refractivity contribution in [3.63, 3.8) is 0 Å². The number of carbonyl (C=O) groups is 1. The number of fused-ring (bicyclic) bond motifs is 1. The first-order chi connectivity index (χ1) is 17.1. The van der Waals surface area contributed by atoms with Gasteiger partial charge < -0.3 is 19.6 Å². The Labute approximate surface area is 216 Å². The van der Waals surface area contributed by atoms with Crippen LogP contribution in [0.4, 0.5) is 15.8 Å². The van der Waals surface area contributed by atoms with Crippen molar-refractivity contribution in [3.05, 3.63) is 54.6 Å². The van der Waals surface area contributed by atoms with Gasteiger partial charge in [0.25, 0.3) is 0 Å². The summed E-state index contributed by atoms with van der Waals surface area (Å²) in [7, 11) is 1.66. The summed E-state index contributed by atoms with van der Waals surface area (Å²) < 4.78 is 47.9. The van der Waals surface area contributed by atoms with Crippen molar-refractivity contribution in [1.82, 2.24) is 9.21 Å². The normalized spacial score (nSPS) is 18.1. The third kappa shape index (κ3) is 6.39. The second kappa shape index (κ2) is 12.1. The number of hydrogen-bond acceptors (Lipinski definition) is 7. The number of aliphatic carboxylic acids is 1. The van der Waals surface area contributed by atoms with E-state index in [2.05, 4.69) is 4.90 Å². The number of halogens is 1. The molecule has 196 valence electrons. The van der Waals surface area contributed by atoms with Crippen LogP contribution in [-0.2, 0) is 14.8 Å². The molecule has 0 saturated heterocycles. The molecule has 1 atom stereocenters. The molecular weight excluding hydrogens is 505 g/mol. The standard InChI is InChI=1S/C25H32FN3O5S2/c1-27(2)13-9-8-12-19-16-29(18-10-6-5-7-11-18)21-14-23(35-4)22(34-17-20(26)25(30)31)15-24(21)36(32,33)28(19)3/h5-7,10-11,14-15,17,19H,8-9,12-13,16H2,1-4H3,(H,30,31)/b20-17-. The van der Waals surface area contributed by atoms with E-state index in [1.54, 1.807) is 19.4 Å². The number of carboxylic acids is 1. The van der Waals surface area contributed by atoms with Crippen molar-refractivity contribution in [2.45, 2.75) is 35.1 Å². The summed E-state index contributed by atoms with van der Waals surface area (Å²) in [5.41, 5.74) is 1.34. The summed E-state index contributed by atoms with van der Waals surface area (Å²) in [6.07, 6.45) is 4.76. The maximum atomic E-state index is 13.8. The number of ether oxygens (including phenoxy) is 1. The van der Waals surface area contributed by atoms with Gasteiger partial charge in [0.2, 0.25) is 15.9 Å². The zero-order chi connectivity index (χ0) is 26.5. The summed E-state index contributed by atoms with van der Waals surface area (Å²) >= 11 is 1.29. The van der Waals surface area contributed by atoms with Crippen molar-refractivity contribution >= 4 is 39.1 Å². The highest BCUT2D eigenvalue weighted by Crippen LogP contribution is 2.43. The largest absolute Gasteiger partial charge is 0.476 e. The number of carboxylic acid groups (broad SMARTS) is 1. The van der Waals surface area contributed by atoms with E-state index < -0.39 is 21.8 Å². The summed E-state index contributed by atoms with van der Waals surface area (Å²) in [5.74, 6) is -3.19.